The van der Waals surface area contributed by atoms with Crippen LogP contribution in [0.2, 0.25) is 0 Å². The molecule has 1 fully saturated rings. The van der Waals surface area contributed by atoms with Crippen LogP contribution in [0.15, 0.2) is 18.2 Å². The number of likely N-dealkylation sites (tertiary alicyclic amines) is 1. The Balaban J connectivity index is 2.03. The lowest BCUT2D eigenvalue weighted by molar-refractivity contribution is 0.111. The summed E-state index contributed by atoms with van der Waals surface area (Å²) in [6.45, 7) is 2.17. The van der Waals surface area contributed by atoms with Gasteiger partial charge in [-0.1, -0.05) is 0 Å². The molecule has 1 aromatic rings. The fourth-order valence-electron chi connectivity index (χ4n) is 2.06. The number of piperidine rings is 1. The minimum atomic E-state index is 0.281. The lowest BCUT2D eigenvalue weighted by atomic mass is 10.1. The number of nitrogens with two attached hydrogens (primary N) is 1. The molecule has 0 radical (unpaired) electrons. The summed E-state index contributed by atoms with van der Waals surface area (Å²) in [5.41, 5.74) is 6.40. The fourth-order valence-corrected chi connectivity index (χ4v) is 2.06. The van der Waals surface area contributed by atoms with Crippen molar-refractivity contribution in [1.82, 2.24) is 4.90 Å². The second-order valence-corrected chi connectivity index (χ2v) is 4.53. The molecule has 2 rings (SSSR count). The number of ether oxygens (including phenoxy) is 2. The van der Waals surface area contributed by atoms with Gasteiger partial charge in [0.05, 0.1) is 7.11 Å². The van der Waals surface area contributed by atoms with Crippen LogP contribution in [0.1, 0.15) is 12.8 Å². The zero-order valence-corrected chi connectivity index (χ0v) is 10.5. The number of nitrogen functional groups attached to an aromatic ring is 1. The summed E-state index contributed by atoms with van der Waals surface area (Å²) in [5.74, 6) is 1.50. The van der Waals surface area contributed by atoms with Crippen LogP contribution in [0.3, 0.4) is 0 Å². The second kappa shape index (κ2) is 5.27. The number of nitrogens with zero attached hydrogens (tertiary/aromatic N) is 1. The van der Waals surface area contributed by atoms with Gasteiger partial charge in [0.15, 0.2) is 11.5 Å². The molecule has 1 aliphatic heterocycles. The SMILES string of the molecule is COc1cc(N)ccc1OC1CCN(C)CC1. The molecule has 4 nitrogen and oxygen atoms in total. The Labute approximate surface area is 102 Å². The van der Waals surface area contributed by atoms with Gasteiger partial charge in [0.1, 0.15) is 6.10 Å². The Kier molecular flexibility index (Phi) is 3.74. The topological polar surface area (TPSA) is 47.7 Å². The summed E-state index contributed by atoms with van der Waals surface area (Å²) in [6.07, 6.45) is 2.40. The molecule has 1 heterocycles. The molecule has 0 aliphatic carbocycles. The standard InChI is InChI=1S/C13H20N2O2/c1-15-7-5-11(6-8-15)17-12-4-3-10(14)9-13(12)16-2/h3-4,9,11H,5-8,14H2,1-2H3. The highest BCUT2D eigenvalue weighted by Gasteiger charge is 2.19. The van der Waals surface area contributed by atoms with E-state index in [2.05, 4.69) is 11.9 Å². The maximum Gasteiger partial charge on any atom is 0.162 e. The molecule has 0 amide bonds. The van der Waals surface area contributed by atoms with Crippen molar-refractivity contribution in [3.05, 3.63) is 18.2 Å². The molecule has 1 aromatic carbocycles. The molecule has 0 saturated carbocycles. The first-order valence-corrected chi connectivity index (χ1v) is 5.98. The van der Waals surface area contributed by atoms with E-state index < -0.39 is 0 Å². The van der Waals surface area contributed by atoms with Gasteiger partial charge in [0.25, 0.3) is 0 Å². The first-order valence-electron chi connectivity index (χ1n) is 5.98. The number of methoxy groups -OCH3 is 1. The normalized spacial score (nSPS) is 18.0. The van der Waals surface area contributed by atoms with E-state index >= 15 is 0 Å². The number of hydrogen-bond acceptors (Lipinski definition) is 4. The number of benzene rings is 1. The van der Waals surface area contributed by atoms with Crippen molar-refractivity contribution in [3.63, 3.8) is 0 Å². The van der Waals surface area contributed by atoms with Gasteiger partial charge in [-0.15, -0.1) is 0 Å². The van der Waals surface area contributed by atoms with Gasteiger partial charge in [-0.2, -0.15) is 0 Å². The smallest absolute Gasteiger partial charge is 0.162 e. The minimum absolute atomic E-state index is 0.281. The molecule has 1 saturated heterocycles. The van der Waals surface area contributed by atoms with Crippen LogP contribution in [-0.2, 0) is 0 Å². The first kappa shape index (κ1) is 12.0. The summed E-state index contributed by atoms with van der Waals surface area (Å²) < 4.78 is 11.2. The van der Waals surface area contributed by atoms with Gasteiger partial charge in [-0.25, -0.2) is 0 Å². The lowest BCUT2D eigenvalue weighted by Crippen LogP contribution is -2.35. The van der Waals surface area contributed by atoms with Crippen molar-refractivity contribution in [1.29, 1.82) is 0 Å². The fraction of sp³-hybridized carbons (Fsp3) is 0.538. The molecular weight excluding hydrogens is 216 g/mol. The van der Waals surface area contributed by atoms with Gasteiger partial charge in [-0.05, 0) is 32.0 Å². The lowest BCUT2D eigenvalue weighted by Gasteiger charge is -2.29. The third-order valence-electron chi connectivity index (χ3n) is 3.15. The number of hydrogen-bond donors (Lipinski definition) is 1. The van der Waals surface area contributed by atoms with Gasteiger partial charge in [0, 0.05) is 24.8 Å². The van der Waals surface area contributed by atoms with E-state index in [9.17, 15) is 0 Å². The maximum absolute atomic E-state index is 5.97. The molecule has 0 spiro atoms. The highest BCUT2D eigenvalue weighted by molar-refractivity contribution is 5.51. The average Bonchev–Trinajstić information content (AvgIpc) is 2.34. The Bertz CT molecular complexity index is 374. The highest BCUT2D eigenvalue weighted by Crippen LogP contribution is 2.31. The molecule has 0 bridgehead atoms. The van der Waals surface area contributed by atoms with E-state index in [-0.39, 0.29) is 6.10 Å². The molecule has 0 aromatic heterocycles. The van der Waals surface area contributed by atoms with Crippen LogP contribution < -0.4 is 15.2 Å². The van der Waals surface area contributed by atoms with Gasteiger partial charge in [0.2, 0.25) is 0 Å². The van der Waals surface area contributed by atoms with Crippen molar-refractivity contribution < 1.29 is 9.47 Å². The monoisotopic (exact) mass is 236 g/mol. The molecule has 94 valence electrons. The average molecular weight is 236 g/mol. The molecule has 1 aliphatic rings. The zero-order valence-electron chi connectivity index (χ0n) is 10.5. The van der Waals surface area contributed by atoms with Crippen molar-refractivity contribution >= 4 is 5.69 Å². The summed E-state index contributed by atoms with van der Waals surface area (Å²) >= 11 is 0. The van der Waals surface area contributed by atoms with Gasteiger partial charge < -0.3 is 20.1 Å². The van der Waals surface area contributed by atoms with Gasteiger partial charge >= 0.3 is 0 Å². The molecular formula is C13H20N2O2. The van der Waals surface area contributed by atoms with E-state index in [0.29, 0.717) is 11.4 Å². The molecule has 17 heavy (non-hydrogen) atoms. The van der Waals surface area contributed by atoms with Crippen LogP contribution in [0, 0.1) is 0 Å². The summed E-state index contributed by atoms with van der Waals surface area (Å²) in [4.78, 5) is 2.32. The van der Waals surface area contributed by atoms with Crippen molar-refractivity contribution in [2.45, 2.75) is 18.9 Å². The predicted molar refractivity (Wildman–Crippen MR) is 68.6 cm³/mol. The van der Waals surface area contributed by atoms with Crippen LogP contribution >= 0.6 is 0 Å². The number of rotatable bonds is 3. The Morgan fingerprint density at radius 2 is 1.94 bits per heavy atom. The van der Waals surface area contributed by atoms with Crippen molar-refractivity contribution in [2.24, 2.45) is 0 Å². The summed E-state index contributed by atoms with van der Waals surface area (Å²) in [5, 5.41) is 0. The van der Waals surface area contributed by atoms with Crippen LogP contribution in [0.4, 0.5) is 5.69 Å². The Morgan fingerprint density at radius 3 is 2.59 bits per heavy atom. The minimum Gasteiger partial charge on any atom is -0.493 e. The first-order chi connectivity index (χ1) is 8.19. The quantitative estimate of drug-likeness (QED) is 0.812. The van der Waals surface area contributed by atoms with E-state index in [1.54, 1.807) is 13.2 Å². The van der Waals surface area contributed by atoms with E-state index in [4.69, 9.17) is 15.2 Å². The highest BCUT2D eigenvalue weighted by atomic mass is 16.5. The summed E-state index contributed by atoms with van der Waals surface area (Å²) in [7, 11) is 3.77. The van der Waals surface area contributed by atoms with E-state index in [1.165, 1.54) is 0 Å². The van der Waals surface area contributed by atoms with E-state index in [1.807, 2.05) is 12.1 Å². The Morgan fingerprint density at radius 1 is 1.24 bits per heavy atom. The molecule has 2 N–H and O–H groups in total. The van der Waals surface area contributed by atoms with Crippen molar-refractivity contribution in [3.8, 4) is 11.5 Å². The summed E-state index contributed by atoms with van der Waals surface area (Å²) in [6, 6.07) is 5.52. The third kappa shape index (κ3) is 3.03. The van der Waals surface area contributed by atoms with Crippen LogP contribution in [0.25, 0.3) is 0 Å². The predicted octanol–water partition coefficient (Wildman–Crippen LogP) is 1.75. The van der Waals surface area contributed by atoms with E-state index in [0.717, 1.165) is 31.7 Å². The molecule has 0 unspecified atom stereocenters. The zero-order chi connectivity index (χ0) is 12.3. The Hall–Kier alpha value is -1.42. The van der Waals surface area contributed by atoms with Crippen molar-refractivity contribution in [2.75, 3.05) is 33.0 Å². The number of anilines is 1. The van der Waals surface area contributed by atoms with Gasteiger partial charge in [-0.3, -0.25) is 0 Å². The van der Waals surface area contributed by atoms with Crippen LogP contribution in [-0.4, -0.2) is 38.3 Å². The molecule has 0 atom stereocenters. The largest absolute Gasteiger partial charge is 0.493 e. The molecule has 4 heteroatoms. The second-order valence-electron chi connectivity index (χ2n) is 4.53. The maximum atomic E-state index is 5.97. The van der Waals surface area contributed by atoms with Crippen LogP contribution in [0.5, 0.6) is 11.5 Å². The third-order valence-corrected chi connectivity index (χ3v) is 3.15.